The third-order valence-electron chi connectivity index (χ3n) is 3.79. The Balaban J connectivity index is 1.94. The average Bonchev–Trinajstić information content (AvgIpc) is 2.75. The molecule has 0 amide bonds. The van der Waals surface area contributed by atoms with Gasteiger partial charge in [0, 0.05) is 19.1 Å². The summed E-state index contributed by atoms with van der Waals surface area (Å²) in [6, 6.07) is 10.9. The number of para-hydroxylation sites is 2. The maximum absolute atomic E-state index is 9.08. The molecule has 1 heterocycles. The van der Waals surface area contributed by atoms with Crippen molar-refractivity contribution in [3.8, 4) is 6.07 Å². The molecule has 0 saturated heterocycles. The van der Waals surface area contributed by atoms with Gasteiger partial charge in [-0.3, -0.25) is 0 Å². The molecule has 0 saturated carbocycles. The summed E-state index contributed by atoms with van der Waals surface area (Å²) in [5.74, 6) is 1.04. The van der Waals surface area contributed by atoms with Crippen molar-refractivity contribution in [3.05, 3.63) is 30.1 Å². The monoisotopic (exact) mass is 284 g/mol. The van der Waals surface area contributed by atoms with E-state index in [1.54, 1.807) is 0 Å². The molecule has 1 aromatic heterocycles. The first-order valence-corrected chi connectivity index (χ1v) is 7.49. The fourth-order valence-electron chi connectivity index (χ4n) is 2.78. The van der Waals surface area contributed by atoms with E-state index in [9.17, 15) is 0 Å². The van der Waals surface area contributed by atoms with Crippen LogP contribution in [-0.4, -0.2) is 22.1 Å². The number of aromatic nitrogens is 2. The van der Waals surface area contributed by atoms with Crippen LogP contribution in [0.5, 0.6) is 0 Å². The van der Waals surface area contributed by atoms with Gasteiger partial charge in [-0.25, -0.2) is 4.98 Å². The number of hydrogen-bond donors (Lipinski definition) is 1. The lowest BCUT2D eigenvalue weighted by Crippen LogP contribution is -2.33. The van der Waals surface area contributed by atoms with Crippen LogP contribution in [0.4, 0.5) is 0 Å². The lowest BCUT2D eigenvalue weighted by atomic mass is 9.88. The van der Waals surface area contributed by atoms with Crippen LogP contribution in [-0.2, 0) is 6.54 Å². The van der Waals surface area contributed by atoms with Crippen LogP contribution < -0.4 is 5.32 Å². The number of imidazole rings is 1. The number of hydrogen-bond acceptors (Lipinski definition) is 3. The number of fused-ring (bicyclic) bond motifs is 1. The van der Waals surface area contributed by atoms with Gasteiger partial charge in [0.1, 0.15) is 5.82 Å². The average molecular weight is 284 g/mol. The van der Waals surface area contributed by atoms with Crippen LogP contribution in [0.15, 0.2) is 24.3 Å². The Bertz CT molecular complexity index is 648. The number of nitriles is 1. The van der Waals surface area contributed by atoms with Gasteiger partial charge >= 0.3 is 0 Å². The summed E-state index contributed by atoms with van der Waals surface area (Å²) in [4.78, 5) is 4.58. The zero-order valence-electron chi connectivity index (χ0n) is 13.3. The van der Waals surface area contributed by atoms with E-state index >= 15 is 0 Å². The van der Waals surface area contributed by atoms with Crippen molar-refractivity contribution in [1.82, 2.24) is 14.9 Å². The first kappa shape index (κ1) is 15.5. The van der Waals surface area contributed by atoms with Crippen LogP contribution >= 0.6 is 0 Å². The molecule has 2 aromatic rings. The minimum atomic E-state index is -0.274. The molecule has 0 spiro atoms. The SMILES string of the molecule is Cc1nc2ccccc2n1CCNC(C)CC(C)(C)C#N. The normalized spacial score (nSPS) is 13.3. The molecule has 0 fully saturated rings. The molecule has 1 unspecified atom stereocenters. The molecule has 21 heavy (non-hydrogen) atoms. The van der Waals surface area contributed by atoms with E-state index in [1.807, 2.05) is 39.0 Å². The molecule has 0 aliphatic carbocycles. The van der Waals surface area contributed by atoms with Gasteiger partial charge < -0.3 is 9.88 Å². The predicted molar refractivity (Wildman–Crippen MR) is 85.9 cm³/mol. The van der Waals surface area contributed by atoms with E-state index in [0.717, 1.165) is 30.9 Å². The minimum Gasteiger partial charge on any atom is -0.327 e. The van der Waals surface area contributed by atoms with Crippen molar-refractivity contribution < 1.29 is 0 Å². The second-order valence-corrected chi connectivity index (χ2v) is 6.35. The van der Waals surface area contributed by atoms with Crippen molar-refractivity contribution in [3.63, 3.8) is 0 Å². The largest absolute Gasteiger partial charge is 0.327 e. The lowest BCUT2D eigenvalue weighted by Gasteiger charge is -2.22. The van der Waals surface area contributed by atoms with Crippen LogP contribution in [0.1, 0.15) is 33.0 Å². The van der Waals surface area contributed by atoms with Gasteiger partial charge in [-0.2, -0.15) is 5.26 Å². The third kappa shape index (κ3) is 3.83. The van der Waals surface area contributed by atoms with Crippen molar-refractivity contribution >= 4 is 11.0 Å². The Morgan fingerprint density at radius 3 is 2.81 bits per heavy atom. The van der Waals surface area contributed by atoms with Crippen LogP contribution in [0, 0.1) is 23.7 Å². The van der Waals surface area contributed by atoms with Gasteiger partial charge in [0.05, 0.1) is 22.5 Å². The summed E-state index contributed by atoms with van der Waals surface area (Å²) in [5.41, 5.74) is 1.96. The maximum Gasteiger partial charge on any atom is 0.106 e. The second kappa shape index (κ2) is 6.28. The van der Waals surface area contributed by atoms with Gasteiger partial charge in [0.2, 0.25) is 0 Å². The van der Waals surface area contributed by atoms with E-state index in [2.05, 4.69) is 33.9 Å². The van der Waals surface area contributed by atoms with Gasteiger partial charge in [0.25, 0.3) is 0 Å². The van der Waals surface area contributed by atoms with Gasteiger partial charge in [-0.05, 0) is 46.2 Å². The number of benzene rings is 1. The van der Waals surface area contributed by atoms with Crippen molar-refractivity contribution in [2.75, 3.05) is 6.54 Å². The zero-order chi connectivity index (χ0) is 15.5. The summed E-state index contributed by atoms with van der Waals surface area (Å²) in [6.45, 7) is 9.92. The summed E-state index contributed by atoms with van der Waals surface area (Å²) >= 11 is 0. The van der Waals surface area contributed by atoms with Crippen LogP contribution in [0.2, 0.25) is 0 Å². The first-order chi connectivity index (χ1) is 9.93. The Kier molecular flexibility index (Phi) is 4.64. The highest BCUT2D eigenvalue weighted by molar-refractivity contribution is 5.75. The number of rotatable bonds is 6. The second-order valence-electron chi connectivity index (χ2n) is 6.35. The van der Waals surface area contributed by atoms with Gasteiger partial charge in [0.15, 0.2) is 0 Å². The Morgan fingerprint density at radius 1 is 1.38 bits per heavy atom. The minimum absolute atomic E-state index is 0.274. The molecule has 4 nitrogen and oxygen atoms in total. The van der Waals surface area contributed by atoms with E-state index in [4.69, 9.17) is 5.26 Å². The first-order valence-electron chi connectivity index (χ1n) is 7.49. The predicted octanol–water partition coefficient (Wildman–Crippen LogP) is 3.26. The van der Waals surface area contributed by atoms with Crippen LogP contribution in [0.25, 0.3) is 11.0 Å². The molecule has 1 aromatic carbocycles. The number of nitrogens with zero attached hydrogens (tertiary/aromatic N) is 3. The Morgan fingerprint density at radius 2 is 2.10 bits per heavy atom. The third-order valence-corrected chi connectivity index (χ3v) is 3.79. The topological polar surface area (TPSA) is 53.6 Å². The van der Waals surface area contributed by atoms with Gasteiger partial charge in [-0.1, -0.05) is 12.1 Å². The molecule has 1 N–H and O–H groups in total. The Labute approximate surface area is 126 Å². The highest BCUT2D eigenvalue weighted by atomic mass is 15.1. The van der Waals surface area contributed by atoms with E-state index < -0.39 is 0 Å². The van der Waals surface area contributed by atoms with E-state index in [0.29, 0.717) is 6.04 Å². The molecule has 4 heteroatoms. The Hall–Kier alpha value is -1.86. The molecule has 112 valence electrons. The molecule has 0 aliphatic rings. The smallest absolute Gasteiger partial charge is 0.106 e. The highest BCUT2D eigenvalue weighted by Gasteiger charge is 2.20. The standard InChI is InChI=1S/C17H24N4/c1-13(11-17(3,4)12-18)19-9-10-21-14(2)20-15-7-5-6-8-16(15)21/h5-8,13,19H,9-11H2,1-4H3. The molecule has 1 atom stereocenters. The molecule has 0 bridgehead atoms. The highest BCUT2D eigenvalue weighted by Crippen LogP contribution is 2.20. The molecule has 0 aliphatic heterocycles. The van der Waals surface area contributed by atoms with Crippen molar-refractivity contribution in [2.45, 2.75) is 46.7 Å². The maximum atomic E-state index is 9.08. The van der Waals surface area contributed by atoms with E-state index in [-0.39, 0.29) is 5.41 Å². The molecule has 2 rings (SSSR count). The summed E-state index contributed by atoms with van der Waals surface area (Å²) in [6.07, 6.45) is 0.854. The zero-order valence-corrected chi connectivity index (χ0v) is 13.3. The quantitative estimate of drug-likeness (QED) is 0.885. The fourth-order valence-corrected chi connectivity index (χ4v) is 2.78. The van der Waals surface area contributed by atoms with E-state index in [1.165, 1.54) is 5.52 Å². The number of nitrogens with one attached hydrogen (secondary N) is 1. The lowest BCUT2D eigenvalue weighted by molar-refractivity contribution is 0.366. The van der Waals surface area contributed by atoms with Crippen molar-refractivity contribution in [2.24, 2.45) is 5.41 Å². The van der Waals surface area contributed by atoms with Crippen LogP contribution in [0.3, 0.4) is 0 Å². The van der Waals surface area contributed by atoms with Gasteiger partial charge in [-0.15, -0.1) is 0 Å². The van der Waals surface area contributed by atoms with Crippen molar-refractivity contribution in [1.29, 1.82) is 5.26 Å². The molecule has 0 radical (unpaired) electrons. The molecular weight excluding hydrogens is 260 g/mol. The summed E-state index contributed by atoms with van der Waals surface area (Å²) < 4.78 is 2.24. The summed E-state index contributed by atoms with van der Waals surface area (Å²) in [5, 5.41) is 12.6. The number of aryl methyl sites for hydroxylation is 1. The fraction of sp³-hybridized carbons (Fsp3) is 0.529. The summed E-state index contributed by atoms with van der Waals surface area (Å²) in [7, 11) is 0. The molecular formula is C17H24N4.